The number of pyridine rings is 1. The van der Waals surface area contributed by atoms with Gasteiger partial charge in [-0.15, -0.1) is 0 Å². The lowest BCUT2D eigenvalue weighted by molar-refractivity contribution is 0.102. The van der Waals surface area contributed by atoms with E-state index < -0.39 is 0 Å². The van der Waals surface area contributed by atoms with E-state index in [0.717, 1.165) is 24.2 Å². The van der Waals surface area contributed by atoms with Crippen molar-refractivity contribution in [1.29, 1.82) is 0 Å². The van der Waals surface area contributed by atoms with E-state index in [1.54, 1.807) is 12.4 Å². The van der Waals surface area contributed by atoms with Gasteiger partial charge in [0.2, 0.25) is 0 Å². The summed E-state index contributed by atoms with van der Waals surface area (Å²) in [6.07, 6.45) is 4.01. The quantitative estimate of drug-likeness (QED) is 0.646. The Bertz CT molecular complexity index is 859. The van der Waals surface area contributed by atoms with Crippen molar-refractivity contribution in [1.82, 2.24) is 19.9 Å². The molecule has 0 radical (unpaired) electrons. The Kier molecular flexibility index (Phi) is 5.25. The Balaban J connectivity index is 1.61. The number of rotatable bonds is 7. The molecule has 0 atom stereocenters. The first-order chi connectivity index (χ1) is 12.1. The molecule has 0 unspecified atom stereocenters. The Hall–Kier alpha value is -2.93. The first kappa shape index (κ1) is 16.9. The van der Waals surface area contributed by atoms with E-state index in [1.807, 2.05) is 38.4 Å². The van der Waals surface area contributed by atoms with Gasteiger partial charge in [0.15, 0.2) is 5.65 Å². The number of anilines is 1. The molecule has 0 saturated heterocycles. The highest BCUT2D eigenvalue weighted by Gasteiger charge is 2.09. The molecule has 2 aromatic heterocycles. The number of benzene rings is 1. The van der Waals surface area contributed by atoms with Gasteiger partial charge in [-0.25, -0.2) is 9.97 Å². The van der Waals surface area contributed by atoms with Crippen LogP contribution in [0.25, 0.3) is 11.2 Å². The van der Waals surface area contributed by atoms with E-state index in [2.05, 4.69) is 25.2 Å². The first-order valence-electron chi connectivity index (χ1n) is 8.10. The monoisotopic (exact) mass is 339 g/mol. The number of hydrogen-bond acceptors (Lipinski definition) is 5. The van der Waals surface area contributed by atoms with Crippen LogP contribution < -0.4 is 10.1 Å². The van der Waals surface area contributed by atoms with E-state index in [9.17, 15) is 4.79 Å². The average Bonchev–Trinajstić information content (AvgIpc) is 3.06. The van der Waals surface area contributed by atoms with Gasteiger partial charge in [0.25, 0.3) is 5.91 Å². The number of H-pyrrole nitrogens is 1. The Morgan fingerprint density at radius 2 is 2.16 bits per heavy atom. The third-order valence-corrected chi connectivity index (χ3v) is 3.65. The number of nitrogens with one attached hydrogen (secondary N) is 2. The van der Waals surface area contributed by atoms with Crippen molar-refractivity contribution >= 4 is 22.8 Å². The van der Waals surface area contributed by atoms with Gasteiger partial charge in [0.05, 0.1) is 24.0 Å². The van der Waals surface area contributed by atoms with Crippen LogP contribution in [0.1, 0.15) is 16.8 Å². The van der Waals surface area contributed by atoms with Crippen LogP contribution in [-0.4, -0.2) is 53.0 Å². The van der Waals surface area contributed by atoms with Crippen molar-refractivity contribution in [2.45, 2.75) is 6.42 Å². The Morgan fingerprint density at radius 1 is 1.28 bits per heavy atom. The van der Waals surface area contributed by atoms with Gasteiger partial charge in [0.1, 0.15) is 5.75 Å². The van der Waals surface area contributed by atoms with Crippen LogP contribution in [0.2, 0.25) is 0 Å². The van der Waals surface area contributed by atoms with Gasteiger partial charge in [-0.05, 0) is 38.7 Å². The molecule has 3 rings (SSSR count). The summed E-state index contributed by atoms with van der Waals surface area (Å²) in [5.41, 5.74) is 2.46. The van der Waals surface area contributed by atoms with Crippen molar-refractivity contribution in [3.8, 4) is 5.75 Å². The molecule has 0 spiro atoms. The normalized spacial score (nSPS) is 11.0. The smallest absolute Gasteiger partial charge is 0.257 e. The summed E-state index contributed by atoms with van der Waals surface area (Å²) < 4.78 is 5.73. The van der Waals surface area contributed by atoms with Gasteiger partial charge in [-0.1, -0.05) is 6.07 Å². The minimum Gasteiger partial charge on any atom is -0.493 e. The third-order valence-electron chi connectivity index (χ3n) is 3.65. The van der Waals surface area contributed by atoms with Crippen molar-refractivity contribution in [3.63, 3.8) is 0 Å². The number of nitrogens with zero attached hydrogens (tertiary/aromatic N) is 3. The Morgan fingerprint density at radius 3 is 3.00 bits per heavy atom. The fourth-order valence-corrected chi connectivity index (χ4v) is 2.39. The maximum absolute atomic E-state index is 12.4. The summed E-state index contributed by atoms with van der Waals surface area (Å²) in [7, 11) is 4.07. The van der Waals surface area contributed by atoms with Crippen LogP contribution in [-0.2, 0) is 0 Å². The van der Waals surface area contributed by atoms with Gasteiger partial charge in [-0.2, -0.15) is 0 Å². The predicted octanol–water partition coefficient (Wildman–Crippen LogP) is 2.54. The summed E-state index contributed by atoms with van der Waals surface area (Å²) >= 11 is 0. The lowest BCUT2D eigenvalue weighted by atomic mass is 10.2. The predicted molar refractivity (Wildman–Crippen MR) is 96.9 cm³/mol. The molecule has 0 aliphatic carbocycles. The maximum atomic E-state index is 12.4. The largest absolute Gasteiger partial charge is 0.493 e. The van der Waals surface area contributed by atoms with Crippen LogP contribution in [0.3, 0.4) is 0 Å². The molecule has 2 heterocycles. The standard InChI is InChI=1S/C18H21N5O2/c1-23(2)7-4-8-25-15-6-3-5-14(10-15)22-18(24)13-9-16-17(19-11-13)21-12-20-16/h3,5-6,9-12H,4,7-8H2,1-2H3,(H,22,24)(H,19,20,21). The second-order valence-electron chi connectivity index (χ2n) is 5.98. The van der Waals surface area contributed by atoms with E-state index in [0.29, 0.717) is 23.5 Å². The van der Waals surface area contributed by atoms with E-state index in [-0.39, 0.29) is 5.91 Å². The zero-order chi connectivity index (χ0) is 17.6. The Labute approximate surface area is 146 Å². The van der Waals surface area contributed by atoms with Crippen LogP contribution in [0.4, 0.5) is 5.69 Å². The lowest BCUT2D eigenvalue weighted by Crippen LogP contribution is -2.15. The molecule has 0 saturated carbocycles. The molecular weight excluding hydrogens is 318 g/mol. The minimum absolute atomic E-state index is 0.228. The highest BCUT2D eigenvalue weighted by atomic mass is 16.5. The molecule has 0 bridgehead atoms. The topological polar surface area (TPSA) is 83.1 Å². The minimum atomic E-state index is -0.228. The number of fused-ring (bicyclic) bond motifs is 1. The van der Waals surface area contributed by atoms with Crippen molar-refractivity contribution in [3.05, 3.63) is 48.4 Å². The number of carbonyl (C=O) groups excluding carboxylic acids is 1. The number of imidazole rings is 1. The zero-order valence-electron chi connectivity index (χ0n) is 14.3. The second kappa shape index (κ2) is 7.76. The molecule has 2 N–H and O–H groups in total. The third kappa shape index (κ3) is 4.54. The average molecular weight is 339 g/mol. The van der Waals surface area contributed by atoms with Crippen LogP contribution >= 0.6 is 0 Å². The number of amides is 1. The van der Waals surface area contributed by atoms with Gasteiger partial charge >= 0.3 is 0 Å². The molecule has 1 amide bonds. The van der Waals surface area contributed by atoms with Crippen LogP contribution in [0.5, 0.6) is 5.75 Å². The molecule has 25 heavy (non-hydrogen) atoms. The van der Waals surface area contributed by atoms with Gasteiger partial charge in [-0.3, -0.25) is 4.79 Å². The number of ether oxygens (including phenoxy) is 1. The van der Waals surface area contributed by atoms with Gasteiger partial charge < -0.3 is 19.9 Å². The molecule has 0 fully saturated rings. The number of aromatic nitrogens is 3. The molecule has 0 aliphatic rings. The molecule has 7 nitrogen and oxygen atoms in total. The number of hydrogen-bond donors (Lipinski definition) is 2. The van der Waals surface area contributed by atoms with Gasteiger partial charge in [0, 0.05) is 24.5 Å². The number of carbonyl (C=O) groups is 1. The van der Waals surface area contributed by atoms with Crippen molar-refractivity contribution in [2.75, 3.05) is 32.6 Å². The number of aromatic amines is 1. The SMILES string of the molecule is CN(C)CCCOc1cccc(NC(=O)c2cnc3nc[nH]c3c2)c1. The molecule has 1 aromatic carbocycles. The summed E-state index contributed by atoms with van der Waals surface area (Å²) in [6.45, 7) is 1.61. The fraction of sp³-hybridized carbons (Fsp3) is 0.278. The highest BCUT2D eigenvalue weighted by Crippen LogP contribution is 2.19. The molecule has 0 aliphatic heterocycles. The molecule has 130 valence electrons. The first-order valence-corrected chi connectivity index (χ1v) is 8.10. The molecule has 3 aromatic rings. The summed E-state index contributed by atoms with van der Waals surface area (Å²) in [5.74, 6) is 0.507. The summed E-state index contributed by atoms with van der Waals surface area (Å²) in [6, 6.07) is 9.10. The van der Waals surface area contributed by atoms with E-state index in [1.165, 1.54) is 6.20 Å². The van der Waals surface area contributed by atoms with E-state index >= 15 is 0 Å². The lowest BCUT2D eigenvalue weighted by Gasteiger charge is -2.11. The zero-order valence-corrected chi connectivity index (χ0v) is 14.3. The van der Waals surface area contributed by atoms with Crippen molar-refractivity contribution in [2.24, 2.45) is 0 Å². The molecule has 7 heteroatoms. The molecular formula is C18H21N5O2. The maximum Gasteiger partial charge on any atom is 0.257 e. The van der Waals surface area contributed by atoms with Crippen molar-refractivity contribution < 1.29 is 9.53 Å². The second-order valence-corrected chi connectivity index (χ2v) is 5.98. The van der Waals surface area contributed by atoms with Crippen LogP contribution in [0.15, 0.2) is 42.9 Å². The van der Waals surface area contributed by atoms with Crippen LogP contribution in [0, 0.1) is 0 Å². The highest BCUT2D eigenvalue weighted by molar-refractivity contribution is 6.05. The summed E-state index contributed by atoms with van der Waals surface area (Å²) in [4.78, 5) is 25.7. The fourth-order valence-electron chi connectivity index (χ4n) is 2.39. The summed E-state index contributed by atoms with van der Waals surface area (Å²) in [5, 5.41) is 2.86. The van der Waals surface area contributed by atoms with E-state index in [4.69, 9.17) is 4.74 Å².